The number of sulfonamides is 1. The first-order chi connectivity index (χ1) is 16.8. The summed E-state index contributed by atoms with van der Waals surface area (Å²) < 4.78 is 28.0. The zero-order valence-electron chi connectivity index (χ0n) is 20.0. The monoisotopic (exact) mass is 530 g/mol. The SMILES string of the molecule is CC(C)c1ccc(N(CC(=O)NCCCSCc2ccc(Cl)cc2)S(=O)(=O)c2ccccc2)cc1. The molecule has 0 unspecified atom stereocenters. The minimum Gasteiger partial charge on any atom is -0.354 e. The van der Waals surface area contributed by atoms with Crippen molar-refractivity contribution in [2.45, 2.75) is 36.8 Å². The normalized spacial score (nSPS) is 11.4. The topological polar surface area (TPSA) is 66.5 Å². The van der Waals surface area contributed by atoms with Crippen LogP contribution in [0.25, 0.3) is 0 Å². The Labute approximate surface area is 217 Å². The van der Waals surface area contributed by atoms with Crippen molar-refractivity contribution in [3.8, 4) is 0 Å². The third-order valence-corrected chi connectivity index (χ3v) is 8.59. The Kier molecular flexibility index (Phi) is 10.1. The lowest BCUT2D eigenvalue weighted by Crippen LogP contribution is -2.41. The van der Waals surface area contributed by atoms with E-state index in [1.54, 1.807) is 54.2 Å². The third kappa shape index (κ3) is 8.02. The van der Waals surface area contributed by atoms with Crippen molar-refractivity contribution in [1.29, 1.82) is 0 Å². The van der Waals surface area contributed by atoms with Crippen LogP contribution in [-0.4, -0.2) is 33.2 Å². The molecule has 3 aromatic carbocycles. The highest BCUT2D eigenvalue weighted by Gasteiger charge is 2.27. The molecule has 1 N–H and O–H groups in total. The molecule has 0 bridgehead atoms. The first-order valence-corrected chi connectivity index (χ1v) is 14.5. The average Bonchev–Trinajstić information content (AvgIpc) is 2.86. The fourth-order valence-corrected chi connectivity index (χ4v) is 5.91. The molecule has 0 fully saturated rings. The maximum absolute atomic E-state index is 13.4. The molecule has 0 aromatic heterocycles. The molecule has 0 aliphatic carbocycles. The quantitative estimate of drug-likeness (QED) is 0.287. The van der Waals surface area contributed by atoms with Gasteiger partial charge in [0, 0.05) is 17.3 Å². The van der Waals surface area contributed by atoms with Crippen molar-refractivity contribution < 1.29 is 13.2 Å². The van der Waals surface area contributed by atoms with Crippen LogP contribution in [0, 0.1) is 0 Å². The molecule has 5 nitrogen and oxygen atoms in total. The van der Waals surface area contributed by atoms with Crippen LogP contribution < -0.4 is 9.62 Å². The lowest BCUT2D eigenvalue weighted by atomic mass is 10.0. The lowest BCUT2D eigenvalue weighted by molar-refractivity contribution is -0.119. The zero-order chi connectivity index (χ0) is 25.3. The number of amides is 1. The van der Waals surface area contributed by atoms with Gasteiger partial charge in [0.1, 0.15) is 6.54 Å². The largest absolute Gasteiger partial charge is 0.354 e. The molecule has 0 aliphatic rings. The summed E-state index contributed by atoms with van der Waals surface area (Å²) in [5.41, 5.74) is 2.77. The van der Waals surface area contributed by atoms with E-state index in [1.165, 1.54) is 9.87 Å². The van der Waals surface area contributed by atoms with Gasteiger partial charge in [-0.25, -0.2) is 8.42 Å². The van der Waals surface area contributed by atoms with Gasteiger partial charge >= 0.3 is 0 Å². The smallest absolute Gasteiger partial charge is 0.264 e. The number of rotatable bonds is 12. The van der Waals surface area contributed by atoms with E-state index in [4.69, 9.17) is 11.6 Å². The van der Waals surface area contributed by atoms with E-state index in [1.807, 2.05) is 36.4 Å². The number of hydrogen-bond acceptors (Lipinski definition) is 4. The molecule has 3 rings (SSSR count). The van der Waals surface area contributed by atoms with Gasteiger partial charge in [0.2, 0.25) is 5.91 Å². The van der Waals surface area contributed by atoms with Crippen molar-refractivity contribution in [2.24, 2.45) is 0 Å². The fraction of sp³-hybridized carbons (Fsp3) is 0.296. The van der Waals surface area contributed by atoms with E-state index in [9.17, 15) is 13.2 Å². The van der Waals surface area contributed by atoms with Crippen LogP contribution in [0.15, 0.2) is 83.8 Å². The van der Waals surface area contributed by atoms with Crippen LogP contribution in [0.3, 0.4) is 0 Å². The van der Waals surface area contributed by atoms with E-state index < -0.39 is 10.0 Å². The average molecular weight is 531 g/mol. The summed E-state index contributed by atoms with van der Waals surface area (Å²) in [7, 11) is -3.90. The van der Waals surface area contributed by atoms with E-state index >= 15 is 0 Å². The molecule has 0 aliphatic heterocycles. The molecule has 186 valence electrons. The Morgan fingerprint density at radius 1 is 0.971 bits per heavy atom. The van der Waals surface area contributed by atoms with Crippen LogP contribution in [-0.2, 0) is 20.6 Å². The van der Waals surface area contributed by atoms with E-state index in [2.05, 4.69) is 19.2 Å². The summed E-state index contributed by atoms with van der Waals surface area (Å²) in [4.78, 5) is 12.9. The lowest BCUT2D eigenvalue weighted by Gasteiger charge is -2.24. The van der Waals surface area contributed by atoms with Gasteiger partial charge in [-0.05, 0) is 65.6 Å². The highest BCUT2D eigenvalue weighted by molar-refractivity contribution is 7.98. The fourth-order valence-electron chi connectivity index (χ4n) is 3.42. The predicted molar refractivity (Wildman–Crippen MR) is 147 cm³/mol. The van der Waals surface area contributed by atoms with Gasteiger partial charge in [-0.3, -0.25) is 9.10 Å². The Bertz CT molecular complexity index is 1180. The molecule has 1 amide bonds. The number of halogens is 1. The Balaban J connectivity index is 1.59. The molecular formula is C27H31ClN2O3S2. The van der Waals surface area contributed by atoms with Gasteiger partial charge in [-0.1, -0.05) is 67.9 Å². The highest BCUT2D eigenvalue weighted by Crippen LogP contribution is 2.25. The molecule has 35 heavy (non-hydrogen) atoms. The minimum absolute atomic E-state index is 0.152. The van der Waals surface area contributed by atoms with Crippen molar-refractivity contribution in [3.63, 3.8) is 0 Å². The number of carbonyl (C=O) groups is 1. The summed E-state index contributed by atoms with van der Waals surface area (Å²) in [6.45, 7) is 4.36. The van der Waals surface area contributed by atoms with Gasteiger partial charge < -0.3 is 5.32 Å². The number of thioether (sulfide) groups is 1. The molecule has 8 heteroatoms. The first-order valence-electron chi connectivity index (χ1n) is 11.5. The van der Waals surface area contributed by atoms with Gasteiger partial charge in [-0.2, -0.15) is 11.8 Å². The van der Waals surface area contributed by atoms with Crippen molar-refractivity contribution in [1.82, 2.24) is 5.32 Å². The summed E-state index contributed by atoms with van der Waals surface area (Å²) >= 11 is 7.69. The van der Waals surface area contributed by atoms with Gasteiger partial charge in [0.15, 0.2) is 0 Å². The van der Waals surface area contributed by atoms with E-state index in [0.717, 1.165) is 28.5 Å². The van der Waals surface area contributed by atoms with E-state index in [-0.39, 0.29) is 17.3 Å². The number of hydrogen-bond donors (Lipinski definition) is 1. The molecular weight excluding hydrogens is 500 g/mol. The molecule has 3 aromatic rings. The molecule has 0 spiro atoms. The maximum Gasteiger partial charge on any atom is 0.264 e. The third-order valence-electron chi connectivity index (χ3n) is 5.44. The Morgan fingerprint density at radius 2 is 1.63 bits per heavy atom. The van der Waals surface area contributed by atoms with Gasteiger partial charge in [0.05, 0.1) is 10.6 Å². The van der Waals surface area contributed by atoms with Crippen LogP contribution in [0.1, 0.15) is 37.3 Å². The van der Waals surface area contributed by atoms with Crippen molar-refractivity contribution in [3.05, 3.63) is 95.0 Å². The minimum atomic E-state index is -3.90. The summed E-state index contributed by atoms with van der Waals surface area (Å²) in [6.07, 6.45) is 0.790. The Hall–Kier alpha value is -2.48. The van der Waals surface area contributed by atoms with Crippen LogP contribution >= 0.6 is 23.4 Å². The molecule has 0 atom stereocenters. The van der Waals surface area contributed by atoms with Gasteiger partial charge in [-0.15, -0.1) is 0 Å². The second-order valence-electron chi connectivity index (χ2n) is 8.45. The summed E-state index contributed by atoms with van der Waals surface area (Å²) in [5.74, 6) is 1.75. The standard InChI is InChI=1S/C27H31ClN2O3S2/c1-21(2)23-11-15-25(16-12-23)30(35(32,33)26-7-4-3-5-8-26)19-27(31)29-17-6-18-34-20-22-9-13-24(28)14-10-22/h3-5,7-16,21H,6,17-20H2,1-2H3,(H,29,31). The molecule has 0 saturated carbocycles. The molecule has 0 radical (unpaired) electrons. The number of nitrogens with one attached hydrogen (secondary N) is 1. The number of anilines is 1. The van der Waals surface area contributed by atoms with E-state index in [0.29, 0.717) is 18.2 Å². The van der Waals surface area contributed by atoms with Gasteiger partial charge in [0.25, 0.3) is 10.0 Å². The number of nitrogens with zero attached hydrogens (tertiary/aromatic N) is 1. The first kappa shape index (κ1) is 27.1. The maximum atomic E-state index is 13.4. The molecule has 0 saturated heterocycles. The van der Waals surface area contributed by atoms with Crippen LogP contribution in [0.4, 0.5) is 5.69 Å². The number of carbonyl (C=O) groups excluding carboxylic acids is 1. The van der Waals surface area contributed by atoms with Crippen molar-refractivity contribution in [2.75, 3.05) is 23.1 Å². The summed E-state index contributed by atoms with van der Waals surface area (Å²) in [6, 6.07) is 23.3. The highest BCUT2D eigenvalue weighted by atomic mass is 35.5. The summed E-state index contributed by atoms with van der Waals surface area (Å²) in [5, 5.41) is 3.59. The predicted octanol–water partition coefficient (Wildman–Crippen LogP) is 6.10. The molecule has 0 heterocycles. The Morgan fingerprint density at radius 3 is 2.26 bits per heavy atom. The van der Waals surface area contributed by atoms with Crippen LogP contribution in [0.2, 0.25) is 5.02 Å². The van der Waals surface area contributed by atoms with Crippen molar-refractivity contribution >= 4 is 45.0 Å². The second kappa shape index (κ2) is 13.0. The second-order valence-corrected chi connectivity index (χ2v) is 11.9. The number of benzene rings is 3. The zero-order valence-corrected chi connectivity index (χ0v) is 22.4. The van der Waals surface area contributed by atoms with Crippen LogP contribution in [0.5, 0.6) is 0 Å².